The van der Waals surface area contributed by atoms with Gasteiger partial charge in [0.2, 0.25) is 0 Å². The Hall–Kier alpha value is -1.88. The van der Waals surface area contributed by atoms with E-state index in [1.165, 1.54) is 5.56 Å². The van der Waals surface area contributed by atoms with Gasteiger partial charge >= 0.3 is 0 Å². The second-order valence-electron chi connectivity index (χ2n) is 3.66. The van der Waals surface area contributed by atoms with Gasteiger partial charge in [0, 0.05) is 18.8 Å². The van der Waals surface area contributed by atoms with Gasteiger partial charge in [0.1, 0.15) is 0 Å². The molecule has 0 fully saturated rings. The van der Waals surface area contributed by atoms with Crippen LogP contribution < -0.4 is 10.6 Å². The van der Waals surface area contributed by atoms with Crippen LogP contribution in [0.2, 0.25) is 0 Å². The van der Waals surface area contributed by atoms with Crippen LogP contribution in [0.4, 0.5) is 5.82 Å². The number of aromatic nitrogens is 2. The second-order valence-corrected chi connectivity index (χ2v) is 4.08. The number of nitrogens with one attached hydrogen (secondary N) is 1. The quantitative estimate of drug-likeness (QED) is 0.806. The molecule has 2 aromatic rings. The third-order valence-electron chi connectivity index (χ3n) is 2.50. The van der Waals surface area contributed by atoms with Crippen molar-refractivity contribution >= 4 is 23.1 Å². The summed E-state index contributed by atoms with van der Waals surface area (Å²) in [5, 5.41) is 7.18. The highest BCUT2D eigenvalue weighted by Gasteiger charge is 2.10. The molecule has 0 radical (unpaired) electrons. The van der Waals surface area contributed by atoms with Gasteiger partial charge in [-0.15, -0.1) is 0 Å². The fraction of sp³-hybridized carbons (Fsp3) is 0.167. The highest BCUT2D eigenvalue weighted by atomic mass is 32.1. The summed E-state index contributed by atoms with van der Waals surface area (Å²) in [4.78, 5) is 1.82. The van der Waals surface area contributed by atoms with Crippen molar-refractivity contribution in [1.29, 1.82) is 0 Å². The molecule has 0 saturated carbocycles. The van der Waals surface area contributed by atoms with Crippen LogP contribution in [-0.4, -0.2) is 21.9 Å². The number of aromatic amines is 1. The zero-order chi connectivity index (χ0) is 12.1. The SMILES string of the molecule is NC(=S)N(CCc1ccccc1)c1cc[nH]n1. The number of hydrogen-bond donors (Lipinski definition) is 2. The first-order chi connectivity index (χ1) is 8.27. The molecule has 88 valence electrons. The topological polar surface area (TPSA) is 57.9 Å². The molecule has 0 aliphatic heterocycles. The smallest absolute Gasteiger partial charge is 0.172 e. The standard InChI is InChI=1S/C12H14N4S/c13-12(17)16(11-6-8-14-15-11)9-7-10-4-2-1-3-5-10/h1-6,8H,7,9H2,(H2,13,17)(H,14,15). The van der Waals surface area contributed by atoms with Gasteiger partial charge in [0.15, 0.2) is 10.9 Å². The van der Waals surface area contributed by atoms with Gasteiger partial charge < -0.3 is 10.6 Å². The predicted octanol–water partition coefficient (Wildman–Crippen LogP) is 1.70. The van der Waals surface area contributed by atoms with Crippen molar-refractivity contribution in [3.8, 4) is 0 Å². The summed E-state index contributed by atoms with van der Waals surface area (Å²) in [6, 6.07) is 12.1. The Morgan fingerprint density at radius 1 is 1.29 bits per heavy atom. The highest BCUT2D eigenvalue weighted by Crippen LogP contribution is 2.10. The second kappa shape index (κ2) is 5.45. The highest BCUT2D eigenvalue weighted by molar-refractivity contribution is 7.80. The Morgan fingerprint density at radius 2 is 2.06 bits per heavy atom. The Balaban J connectivity index is 2.03. The van der Waals surface area contributed by atoms with E-state index in [-0.39, 0.29) is 0 Å². The minimum absolute atomic E-state index is 0.341. The number of nitrogens with two attached hydrogens (primary N) is 1. The first-order valence-corrected chi connectivity index (χ1v) is 5.79. The Labute approximate surface area is 105 Å². The molecule has 1 aromatic carbocycles. The molecule has 0 aliphatic carbocycles. The van der Waals surface area contributed by atoms with Gasteiger partial charge in [-0.2, -0.15) is 5.10 Å². The van der Waals surface area contributed by atoms with E-state index in [0.29, 0.717) is 5.11 Å². The number of anilines is 1. The van der Waals surface area contributed by atoms with E-state index in [2.05, 4.69) is 22.3 Å². The molecule has 0 aliphatic rings. The van der Waals surface area contributed by atoms with E-state index in [1.807, 2.05) is 29.2 Å². The number of H-pyrrole nitrogens is 1. The fourth-order valence-corrected chi connectivity index (χ4v) is 1.81. The lowest BCUT2D eigenvalue weighted by atomic mass is 10.1. The van der Waals surface area contributed by atoms with Crippen LogP contribution >= 0.6 is 12.2 Å². The van der Waals surface area contributed by atoms with E-state index >= 15 is 0 Å². The van der Waals surface area contributed by atoms with Crippen LogP contribution in [0.25, 0.3) is 0 Å². The lowest BCUT2D eigenvalue weighted by Gasteiger charge is -2.19. The predicted molar refractivity (Wildman–Crippen MR) is 72.9 cm³/mol. The van der Waals surface area contributed by atoms with Gasteiger partial charge in [-0.25, -0.2) is 0 Å². The lowest BCUT2D eigenvalue weighted by molar-refractivity contribution is 0.910. The largest absolute Gasteiger partial charge is 0.376 e. The average Bonchev–Trinajstić information content (AvgIpc) is 2.84. The molecular weight excluding hydrogens is 232 g/mol. The summed E-state index contributed by atoms with van der Waals surface area (Å²) in [7, 11) is 0. The van der Waals surface area contributed by atoms with Crippen molar-refractivity contribution in [2.75, 3.05) is 11.4 Å². The molecule has 0 atom stereocenters. The van der Waals surface area contributed by atoms with Gasteiger partial charge in [-0.05, 0) is 24.2 Å². The third-order valence-corrected chi connectivity index (χ3v) is 2.72. The molecule has 0 saturated heterocycles. The van der Waals surface area contributed by atoms with Crippen LogP contribution in [0, 0.1) is 0 Å². The molecule has 0 amide bonds. The Kier molecular flexibility index (Phi) is 3.72. The summed E-state index contributed by atoms with van der Waals surface area (Å²) in [6.07, 6.45) is 2.63. The zero-order valence-electron chi connectivity index (χ0n) is 9.34. The number of nitrogens with zero attached hydrogens (tertiary/aromatic N) is 2. The van der Waals surface area contributed by atoms with Gasteiger partial charge in [0.25, 0.3) is 0 Å². The molecule has 0 unspecified atom stereocenters. The van der Waals surface area contributed by atoms with Crippen molar-refractivity contribution in [3.63, 3.8) is 0 Å². The molecule has 0 spiro atoms. The molecule has 17 heavy (non-hydrogen) atoms. The van der Waals surface area contributed by atoms with E-state index in [4.69, 9.17) is 18.0 Å². The maximum atomic E-state index is 5.70. The van der Waals surface area contributed by atoms with Crippen molar-refractivity contribution in [2.45, 2.75) is 6.42 Å². The number of hydrogen-bond acceptors (Lipinski definition) is 2. The molecule has 1 aromatic heterocycles. The number of benzene rings is 1. The monoisotopic (exact) mass is 246 g/mol. The zero-order valence-corrected chi connectivity index (χ0v) is 10.2. The van der Waals surface area contributed by atoms with Crippen LogP contribution in [0.1, 0.15) is 5.56 Å². The molecular formula is C12H14N4S. The molecule has 1 heterocycles. The van der Waals surface area contributed by atoms with Gasteiger partial charge in [-0.3, -0.25) is 5.10 Å². The summed E-state index contributed by atoms with van der Waals surface area (Å²) in [6.45, 7) is 0.726. The molecule has 3 N–H and O–H groups in total. The normalized spacial score (nSPS) is 10.1. The summed E-state index contributed by atoms with van der Waals surface area (Å²) in [5.74, 6) is 0.758. The first kappa shape index (κ1) is 11.6. The van der Waals surface area contributed by atoms with Crippen LogP contribution in [0.5, 0.6) is 0 Å². The average molecular weight is 246 g/mol. The molecule has 5 heteroatoms. The van der Waals surface area contributed by atoms with E-state index in [9.17, 15) is 0 Å². The van der Waals surface area contributed by atoms with Crippen LogP contribution in [0.15, 0.2) is 42.6 Å². The minimum Gasteiger partial charge on any atom is -0.376 e. The van der Waals surface area contributed by atoms with E-state index in [0.717, 1.165) is 18.8 Å². The van der Waals surface area contributed by atoms with Gasteiger partial charge in [-0.1, -0.05) is 30.3 Å². The van der Waals surface area contributed by atoms with Gasteiger partial charge in [0.05, 0.1) is 0 Å². The van der Waals surface area contributed by atoms with Crippen molar-refractivity contribution in [2.24, 2.45) is 5.73 Å². The van der Waals surface area contributed by atoms with E-state index < -0.39 is 0 Å². The summed E-state index contributed by atoms with van der Waals surface area (Å²) in [5.41, 5.74) is 6.95. The summed E-state index contributed by atoms with van der Waals surface area (Å²) < 4.78 is 0. The molecule has 0 bridgehead atoms. The van der Waals surface area contributed by atoms with Crippen molar-refractivity contribution < 1.29 is 0 Å². The maximum absolute atomic E-state index is 5.70. The van der Waals surface area contributed by atoms with Crippen molar-refractivity contribution in [1.82, 2.24) is 10.2 Å². The van der Waals surface area contributed by atoms with Crippen molar-refractivity contribution in [3.05, 3.63) is 48.2 Å². The van der Waals surface area contributed by atoms with E-state index in [1.54, 1.807) is 6.20 Å². The first-order valence-electron chi connectivity index (χ1n) is 5.38. The van der Waals surface area contributed by atoms with Crippen LogP contribution in [0.3, 0.4) is 0 Å². The maximum Gasteiger partial charge on any atom is 0.172 e. The Bertz CT molecular complexity index is 467. The summed E-state index contributed by atoms with van der Waals surface area (Å²) >= 11 is 5.03. The lowest BCUT2D eigenvalue weighted by Crippen LogP contribution is -2.37. The number of rotatable bonds is 4. The van der Waals surface area contributed by atoms with Crippen LogP contribution in [-0.2, 0) is 6.42 Å². The molecule has 4 nitrogen and oxygen atoms in total. The Morgan fingerprint density at radius 3 is 2.65 bits per heavy atom. The third kappa shape index (κ3) is 3.04. The number of thiocarbonyl (C=S) groups is 1. The molecule has 2 rings (SSSR count). The minimum atomic E-state index is 0.341. The fourth-order valence-electron chi connectivity index (χ4n) is 1.63.